The lowest BCUT2D eigenvalue weighted by molar-refractivity contribution is 0.288. The zero-order valence-corrected chi connectivity index (χ0v) is 11.9. The number of thioether (sulfide) groups is 1. The van der Waals surface area contributed by atoms with E-state index >= 15 is 0 Å². The van der Waals surface area contributed by atoms with Gasteiger partial charge in [-0.1, -0.05) is 0 Å². The monoisotopic (exact) mass is 267 g/mol. The van der Waals surface area contributed by atoms with E-state index in [9.17, 15) is 0 Å². The lowest BCUT2D eigenvalue weighted by Gasteiger charge is -2.10. The first-order valence-corrected chi connectivity index (χ1v) is 7.30. The number of nitrogens with zero attached hydrogens (tertiary/aromatic N) is 2. The number of nitrogens with two attached hydrogens (primary N) is 1. The number of pyridine rings is 1. The van der Waals surface area contributed by atoms with E-state index < -0.39 is 0 Å². The first-order valence-electron chi connectivity index (χ1n) is 6.32. The molecule has 0 radical (unpaired) electrons. The fourth-order valence-electron chi connectivity index (χ4n) is 1.44. The molecule has 0 atom stereocenters. The summed E-state index contributed by atoms with van der Waals surface area (Å²) in [5.41, 5.74) is 6.50. The number of aromatic nitrogens is 1. The molecule has 5 heteroatoms. The highest BCUT2D eigenvalue weighted by Gasteiger charge is 2.22. The SMILES string of the molecule is CN(C)CCSc1ccc(N)c(OCC2CC2)n1. The van der Waals surface area contributed by atoms with Crippen LogP contribution in [0.4, 0.5) is 5.69 Å². The third-order valence-electron chi connectivity index (χ3n) is 2.81. The van der Waals surface area contributed by atoms with Crippen LogP contribution in [-0.2, 0) is 0 Å². The predicted octanol–water partition coefficient (Wildman–Crippen LogP) is 2.11. The summed E-state index contributed by atoms with van der Waals surface area (Å²) < 4.78 is 5.67. The van der Waals surface area contributed by atoms with Crippen molar-refractivity contribution in [3.05, 3.63) is 12.1 Å². The van der Waals surface area contributed by atoms with Gasteiger partial charge in [-0.25, -0.2) is 4.98 Å². The van der Waals surface area contributed by atoms with Crippen molar-refractivity contribution >= 4 is 17.4 Å². The minimum Gasteiger partial charge on any atom is -0.476 e. The summed E-state index contributed by atoms with van der Waals surface area (Å²) in [5, 5.41) is 0.983. The van der Waals surface area contributed by atoms with Crippen LogP contribution in [0.2, 0.25) is 0 Å². The molecule has 1 heterocycles. The Morgan fingerprint density at radius 3 is 2.89 bits per heavy atom. The van der Waals surface area contributed by atoms with Gasteiger partial charge in [0.2, 0.25) is 5.88 Å². The summed E-state index contributed by atoms with van der Waals surface area (Å²) in [7, 11) is 4.14. The molecule has 1 aromatic heterocycles. The average molecular weight is 267 g/mol. The van der Waals surface area contributed by atoms with Crippen LogP contribution in [0.25, 0.3) is 0 Å². The molecule has 0 aromatic carbocycles. The lowest BCUT2D eigenvalue weighted by atomic mass is 10.4. The molecule has 1 aliphatic rings. The maximum atomic E-state index is 5.87. The molecule has 0 bridgehead atoms. The molecule has 0 spiro atoms. The van der Waals surface area contributed by atoms with Crippen LogP contribution in [0.15, 0.2) is 17.2 Å². The smallest absolute Gasteiger partial charge is 0.238 e. The largest absolute Gasteiger partial charge is 0.476 e. The first kappa shape index (κ1) is 13.5. The third kappa shape index (κ3) is 4.38. The third-order valence-corrected chi connectivity index (χ3v) is 3.72. The molecule has 1 fully saturated rings. The Bertz CT molecular complexity index is 394. The molecule has 1 saturated carbocycles. The fourth-order valence-corrected chi connectivity index (χ4v) is 2.42. The van der Waals surface area contributed by atoms with E-state index in [0.717, 1.165) is 29.8 Å². The summed E-state index contributed by atoms with van der Waals surface area (Å²) in [4.78, 5) is 6.63. The zero-order chi connectivity index (χ0) is 13.0. The Morgan fingerprint density at radius 1 is 1.44 bits per heavy atom. The predicted molar refractivity (Wildman–Crippen MR) is 76.1 cm³/mol. The number of hydrogen-bond acceptors (Lipinski definition) is 5. The van der Waals surface area contributed by atoms with Gasteiger partial charge in [-0.15, -0.1) is 11.8 Å². The molecule has 18 heavy (non-hydrogen) atoms. The molecule has 1 aliphatic carbocycles. The van der Waals surface area contributed by atoms with E-state index in [-0.39, 0.29) is 0 Å². The molecule has 100 valence electrons. The minimum absolute atomic E-state index is 0.594. The van der Waals surface area contributed by atoms with Gasteiger partial charge < -0.3 is 15.4 Å². The second kappa shape index (κ2) is 6.29. The molecule has 1 aromatic rings. The van der Waals surface area contributed by atoms with E-state index in [1.165, 1.54) is 12.8 Å². The molecular weight excluding hydrogens is 246 g/mol. The topological polar surface area (TPSA) is 51.4 Å². The van der Waals surface area contributed by atoms with Crippen molar-refractivity contribution in [3.63, 3.8) is 0 Å². The van der Waals surface area contributed by atoms with Crippen molar-refractivity contribution in [1.82, 2.24) is 9.88 Å². The van der Waals surface area contributed by atoms with Crippen molar-refractivity contribution in [2.75, 3.05) is 38.7 Å². The van der Waals surface area contributed by atoms with Crippen LogP contribution in [0.3, 0.4) is 0 Å². The molecule has 0 saturated heterocycles. The number of ether oxygens (including phenoxy) is 1. The highest BCUT2D eigenvalue weighted by atomic mass is 32.2. The number of nitrogen functional groups attached to an aromatic ring is 1. The van der Waals surface area contributed by atoms with E-state index in [2.05, 4.69) is 24.0 Å². The van der Waals surface area contributed by atoms with Gasteiger partial charge in [0.1, 0.15) is 5.03 Å². The Kier molecular flexibility index (Phi) is 4.72. The van der Waals surface area contributed by atoms with Gasteiger partial charge in [0.15, 0.2) is 0 Å². The van der Waals surface area contributed by atoms with Gasteiger partial charge in [-0.05, 0) is 45.0 Å². The summed E-state index contributed by atoms with van der Waals surface area (Å²) in [6, 6.07) is 3.84. The molecule has 0 unspecified atom stereocenters. The van der Waals surface area contributed by atoms with Crippen molar-refractivity contribution in [2.45, 2.75) is 17.9 Å². The van der Waals surface area contributed by atoms with Gasteiger partial charge in [-0.3, -0.25) is 0 Å². The summed E-state index contributed by atoms with van der Waals surface area (Å²) in [6.07, 6.45) is 2.55. The van der Waals surface area contributed by atoms with Gasteiger partial charge >= 0.3 is 0 Å². The quantitative estimate of drug-likeness (QED) is 0.767. The Morgan fingerprint density at radius 2 is 2.22 bits per heavy atom. The van der Waals surface area contributed by atoms with Crippen molar-refractivity contribution in [3.8, 4) is 5.88 Å². The maximum absolute atomic E-state index is 5.87. The summed E-state index contributed by atoms with van der Waals surface area (Å²) in [5.74, 6) is 2.33. The average Bonchev–Trinajstić information content (AvgIpc) is 3.13. The molecular formula is C13H21N3OS. The van der Waals surface area contributed by atoms with Gasteiger partial charge in [-0.2, -0.15) is 0 Å². The Hall–Kier alpha value is -0.940. The van der Waals surface area contributed by atoms with E-state index in [0.29, 0.717) is 11.6 Å². The molecule has 2 N–H and O–H groups in total. The van der Waals surface area contributed by atoms with E-state index in [1.54, 1.807) is 11.8 Å². The van der Waals surface area contributed by atoms with Crippen molar-refractivity contribution in [2.24, 2.45) is 5.92 Å². The Labute approximate surface area is 113 Å². The van der Waals surface area contributed by atoms with Gasteiger partial charge in [0.25, 0.3) is 0 Å². The molecule has 0 amide bonds. The Balaban J connectivity index is 1.87. The molecule has 2 rings (SSSR count). The maximum Gasteiger partial charge on any atom is 0.238 e. The highest BCUT2D eigenvalue weighted by molar-refractivity contribution is 7.99. The van der Waals surface area contributed by atoms with Crippen LogP contribution in [-0.4, -0.2) is 42.9 Å². The molecule has 4 nitrogen and oxygen atoms in total. The number of hydrogen-bond donors (Lipinski definition) is 1. The van der Waals surface area contributed by atoms with Crippen molar-refractivity contribution in [1.29, 1.82) is 0 Å². The fraction of sp³-hybridized carbons (Fsp3) is 0.615. The van der Waals surface area contributed by atoms with Crippen LogP contribution in [0, 0.1) is 5.92 Å². The summed E-state index contributed by atoms with van der Waals surface area (Å²) in [6.45, 7) is 1.79. The first-order chi connectivity index (χ1) is 8.65. The standard InChI is InChI=1S/C13H21N3OS/c1-16(2)7-8-18-12-6-5-11(14)13(15-12)17-9-10-3-4-10/h5-6,10H,3-4,7-9,14H2,1-2H3. The van der Waals surface area contributed by atoms with Crippen molar-refractivity contribution < 1.29 is 4.74 Å². The minimum atomic E-state index is 0.594. The normalized spacial score (nSPS) is 15.1. The number of anilines is 1. The van der Waals surface area contributed by atoms with Gasteiger partial charge in [0, 0.05) is 12.3 Å². The second-order valence-corrected chi connectivity index (χ2v) is 6.07. The highest BCUT2D eigenvalue weighted by Crippen LogP contribution is 2.31. The van der Waals surface area contributed by atoms with Crippen LogP contribution in [0.1, 0.15) is 12.8 Å². The zero-order valence-electron chi connectivity index (χ0n) is 11.1. The van der Waals surface area contributed by atoms with Crippen LogP contribution >= 0.6 is 11.8 Å². The summed E-state index contributed by atoms with van der Waals surface area (Å²) >= 11 is 1.73. The second-order valence-electron chi connectivity index (χ2n) is 4.95. The van der Waals surface area contributed by atoms with E-state index in [4.69, 9.17) is 10.5 Å². The van der Waals surface area contributed by atoms with E-state index in [1.807, 2.05) is 12.1 Å². The molecule has 0 aliphatic heterocycles. The van der Waals surface area contributed by atoms with Gasteiger partial charge in [0.05, 0.1) is 12.3 Å². The lowest BCUT2D eigenvalue weighted by Crippen LogP contribution is -2.14. The van der Waals surface area contributed by atoms with Crippen LogP contribution in [0.5, 0.6) is 5.88 Å². The number of rotatable bonds is 7. The van der Waals surface area contributed by atoms with Crippen LogP contribution < -0.4 is 10.5 Å².